The molecule has 0 radical (unpaired) electrons. The molecule has 0 atom stereocenters. The van der Waals surface area contributed by atoms with Crippen molar-refractivity contribution in [1.82, 2.24) is 14.8 Å². The van der Waals surface area contributed by atoms with Crippen LogP contribution in [0.4, 0.5) is 5.00 Å². The van der Waals surface area contributed by atoms with Crippen LogP contribution >= 0.6 is 23.1 Å². The number of ether oxygens (including phenoxy) is 2. The first-order chi connectivity index (χ1) is 17.5. The third kappa shape index (κ3) is 5.29. The van der Waals surface area contributed by atoms with E-state index in [4.69, 9.17) is 9.47 Å². The highest BCUT2D eigenvalue weighted by Crippen LogP contribution is 2.39. The molecule has 1 aromatic carbocycles. The molecule has 1 amide bonds. The number of carbonyl (C=O) groups is 2. The highest BCUT2D eigenvalue weighted by atomic mass is 32.2. The predicted molar refractivity (Wildman–Crippen MR) is 141 cm³/mol. The molecule has 1 N–H and O–H groups in total. The summed E-state index contributed by atoms with van der Waals surface area (Å²) < 4.78 is 13.2. The monoisotopic (exact) mass is 526 g/mol. The Balaban J connectivity index is 1.21. The number of nitrogens with one attached hydrogen (secondary N) is 1. The Morgan fingerprint density at radius 2 is 1.92 bits per heavy atom. The zero-order valence-corrected chi connectivity index (χ0v) is 22.2. The molecule has 3 aromatic rings. The van der Waals surface area contributed by atoms with Crippen molar-refractivity contribution < 1.29 is 19.1 Å². The van der Waals surface area contributed by atoms with Crippen LogP contribution in [0.15, 0.2) is 29.4 Å². The maximum Gasteiger partial charge on any atom is 0.341 e. The normalized spacial score (nSPS) is 15.2. The molecular weight excluding hydrogens is 496 g/mol. The summed E-state index contributed by atoms with van der Waals surface area (Å²) in [5.74, 6) is 1.21. The number of aryl methyl sites for hydroxylation is 1. The third-order valence-corrected chi connectivity index (χ3v) is 8.77. The van der Waals surface area contributed by atoms with Gasteiger partial charge in [0, 0.05) is 17.5 Å². The fraction of sp³-hybridized carbons (Fsp3) is 0.462. The minimum absolute atomic E-state index is 0.158. The Morgan fingerprint density at radius 1 is 1.14 bits per heavy atom. The summed E-state index contributed by atoms with van der Waals surface area (Å²) in [4.78, 5) is 26.5. The molecule has 2 aromatic heterocycles. The van der Waals surface area contributed by atoms with E-state index in [-0.39, 0.29) is 17.6 Å². The van der Waals surface area contributed by atoms with Gasteiger partial charge in [0.15, 0.2) is 11.0 Å². The SMILES string of the molecule is CCOC(=O)c1c(NC(=O)CSc2nnc(-c3ccc(OC4CCCC4)cc3)n2C)sc2c1CCC2. The average molecular weight is 527 g/mol. The van der Waals surface area contributed by atoms with E-state index in [1.54, 1.807) is 6.92 Å². The summed E-state index contributed by atoms with van der Waals surface area (Å²) in [6.07, 6.45) is 7.86. The van der Waals surface area contributed by atoms with E-state index in [0.717, 1.165) is 54.8 Å². The van der Waals surface area contributed by atoms with Crippen LogP contribution in [0, 0.1) is 0 Å². The summed E-state index contributed by atoms with van der Waals surface area (Å²) in [5, 5.41) is 12.8. The molecule has 2 aliphatic rings. The van der Waals surface area contributed by atoms with Gasteiger partial charge in [0.25, 0.3) is 0 Å². The number of rotatable bonds is 9. The maximum absolute atomic E-state index is 12.8. The average Bonchev–Trinajstić information content (AvgIpc) is 3.65. The van der Waals surface area contributed by atoms with Crippen LogP contribution in [0.25, 0.3) is 11.4 Å². The number of esters is 1. The van der Waals surface area contributed by atoms with Crippen LogP contribution < -0.4 is 10.1 Å². The number of thioether (sulfide) groups is 1. The van der Waals surface area contributed by atoms with Gasteiger partial charge in [0.2, 0.25) is 5.91 Å². The summed E-state index contributed by atoms with van der Waals surface area (Å²) in [7, 11) is 1.89. The fourth-order valence-corrected chi connectivity index (χ4v) is 6.78. The molecule has 0 unspecified atom stereocenters. The highest BCUT2D eigenvalue weighted by molar-refractivity contribution is 7.99. The van der Waals surface area contributed by atoms with Crippen LogP contribution in [0.3, 0.4) is 0 Å². The van der Waals surface area contributed by atoms with Gasteiger partial charge in [-0.15, -0.1) is 21.5 Å². The second-order valence-electron chi connectivity index (χ2n) is 9.03. The van der Waals surface area contributed by atoms with Crippen LogP contribution in [0.2, 0.25) is 0 Å². The Kier molecular flexibility index (Phi) is 7.62. The molecular formula is C26H30N4O4S2. The molecule has 10 heteroatoms. The largest absolute Gasteiger partial charge is 0.490 e. The van der Waals surface area contributed by atoms with Crippen molar-refractivity contribution in [3.8, 4) is 17.1 Å². The van der Waals surface area contributed by atoms with E-state index in [9.17, 15) is 9.59 Å². The molecule has 1 saturated carbocycles. The van der Waals surface area contributed by atoms with Gasteiger partial charge >= 0.3 is 5.97 Å². The number of hydrogen-bond donors (Lipinski definition) is 1. The Bertz CT molecular complexity index is 1250. The molecule has 8 nitrogen and oxygen atoms in total. The minimum Gasteiger partial charge on any atom is -0.490 e. The van der Waals surface area contributed by atoms with Crippen molar-refractivity contribution in [2.24, 2.45) is 7.05 Å². The van der Waals surface area contributed by atoms with Gasteiger partial charge in [-0.05, 0) is 81.7 Å². The quantitative estimate of drug-likeness (QED) is 0.300. The van der Waals surface area contributed by atoms with E-state index in [1.165, 1.54) is 40.8 Å². The lowest BCUT2D eigenvalue weighted by atomic mass is 10.1. The van der Waals surface area contributed by atoms with Crippen molar-refractivity contribution in [2.45, 2.75) is 63.1 Å². The number of aromatic nitrogens is 3. The number of thiophene rings is 1. The number of amides is 1. The van der Waals surface area contributed by atoms with Gasteiger partial charge in [0.05, 0.1) is 24.0 Å². The lowest BCUT2D eigenvalue weighted by molar-refractivity contribution is -0.113. The molecule has 0 saturated heterocycles. The molecule has 2 aliphatic carbocycles. The molecule has 5 rings (SSSR count). The predicted octanol–water partition coefficient (Wildman–Crippen LogP) is 5.26. The first-order valence-corrected chi connectivity index (χ1v) is 14.2. The van der Waals surface area contributed by atoms with E-state index >= 15 is 0 Å². The van der Waals surface area contributed by atoms with Gasteiger partial charge in [-0.1, -0.05) is 11.8 Å². The van der Waals surface area contributed by atoms with Crippen molar-refractivity contribution in [2.75, 3.05) is 17.7 Å². The van der Waals surface area contributed by atoms with E-state index in [1.807, 2.05) is 35.9 Å². The van der Waals surface area contributed by atoms with Gasteiger partial charge < -0.3 is 19.4 Å². The number of carbonyl (C=O) groups excluding carboxylic acids is 2. The smallest absolute Gasteiger partial charge is 0.341 e. The van der Waals surface area contributed by atoms with Crippen molar-refractivity contribution in [3.05, 3.63) is 40.3 Å². The molecule has 0 bridgehead atoms. The van der Waals surface area contributed by atoms with Crippen LogP contribution in [-0.4, -0.2) is 45.1 Å². The first kappa shape index (κ1) is 24.8. The molecule has 0 aliphatic heterocycles. The molecule has 2 heterocycles. The van der Waals surface area contributed by atoms with Crippen LogP contribution in [0.5, 0.6) is 5.75 Å². The van der Waals surface area contributed by atoms with Gasteiger partial charge in [-0.25, -0.2) is 4.79 Å². The first-order valence-electron chi connectivity index (χ1n) is 12.4. The fourth-order valence-electron chi connectivity index (χ4n) is 4.78. The lowest BCUT2D eigenvalue weighted by Gasteiger charge is -2.13. The van der Waals surface area contributed by atoms with Gasteiger partial charge in [-0.3, -0.25) is 4.79 Å². The summed E-state index contributed by atoms with van der Waals surface area (Å²) in [6, 6.07) is 7.93. The second-order valence-corrected chi connectivity index (χ2v) is 11.1. The maximum atomic E-state index is 12.8. The lowest BCUT2D eigenvalue weighted by Crippen LogP contribution is -2.17. The minimum atomic E-state index is -0.363. The number of hydrogen-bond acceptors (Lipinski definition) is 8. The Hall–Kier alpha value is -2.85. The van der Waals surface area contributed by atoms with Crippen molar-refractivity contribution in [3.63, 3.8) is 0 Å². The Morgan fingerprint density at radius 3 is 2.67 bits per heavy atom. The van der Waals surface area contributed by atoms with E-state index in [0.29, 0.717) is 28.4 Å². The summed E-state index contributed by atoms with van der Waals surface area (Å²) in [6.45, 7) is 2.09. The topological polar surface area (TPSA) is 95.3 Å². The zero-order chi connectivity index (χ0) is 25.1. The van der Waals surface area contributed by atoms with Gasteiger partial charge in [0.1, 0.15) is 10.8 Å². The summed E-state index contributed by atoms with van der Waals surface area (Å²) >= 11 is 2.79. The van der Waals surface area contributed by atoms with Crippen molar-refractivity contribution >= 4 is 40.0 Å². The van der Waals surface area contributed by atoms with Crippen molar-refractivity contribution in [1.29, 1.82) is 0 Å². The number of fused-ring (bicyclic) bond motifs is 1. The second kappa shape index (κ2) is 11.0. The zero-order valence-electron chi connectivity index (χ0n) is 20.5. The standard InChI is InChI=1S/C26H30N4O4S2/c1-3-33-25(32)22-19-9-6-10-20(19)36-24(22)27-21(31)15-35-26-29-28-23(30(26)2)16-11-13-18(14-12-16)34-17-7-4-5-8-17/h11-14,17H,3-10,15H2,1-2H3,(H,27,31). The third-order valence-electron chi connectivity index (χ3n) is 6.54. The number of benzene rings is 1. The molecule has 0 spiro atoms. The van der Waals surface area contributed by atoms with Crippen LogP contribution in [-0.2, 0) is 29.4 Å². The summed E-state index contributed by atoms with van der Waals surface area (Å²) in [5.41, 5.74) is 2.49. The molecule has 1 fully saturated rings. The van der Waals surface area contributed by atoms with E-state index in [2.05, 4.69) is 15.5 Å². The van der Waals surface area contributed by atoms with E-state index < -0.39 is 0 Å². The van der Waals surface area contributed by atoms with Crippen LogP contribution in [0.1, 0.15) is 59.8 Å². The number of anilines is 1. The molecule has 190 valence electrons. The Labute approximate surface area is 218 Å². The highest BCUT2D eigenvalue weighted by Gasteiger charge is 2.28. The molecule has 36 heavy (non-hydrogen) atoms. The number of nitrogens with zero attached hydrogens (tertiary/aromatic N) is 3. The van der Waals surface area contributed by atoms with Gasteiger partial charge in [-0.2, -0.15) is 0 Å².